The van der Waals surface area contributed by atoms with E-state index in [1.54, 1.807) is 6.07 Å². The van der Waals surface area contributed by atoms with E-state index in [-0.39, 0.29) is 13.2 Å². The van der Waals surface area contributed by atoms with Crippen molar-refractivity contribution in [2.75, 3.05) is 13.2 Å². The summed E-state index contributed by atoms with van der Waals surface area (Å²) in [5.74, 6) is -1.53. The summed E-state index contributed by atoms with van der Waals surface area (Å²) in [7, 11) is 0. The molecule has 0 aromatic rings. The van der Waals surface area contributed by atoms with Crippen molar-refractivity contribution in [1.82, 2.24) is 0 Å². The molecule has 4 nitrogen and oxygen atoms in total. The van der Waals surface area contributed by atoms with Crippen LogP contribution < -0.4 is 0 Å². The molecule has 0 saturated heterocycles. The molecule has 0 amide bonds. The van der Waals surface area contributed by atoms with Crippen LogP contribution in [-0.4, -0.2) is 29.7 Å². The lowest BCUT2D eigenvalue weighted by Gasteiger charge is -2.09. The number of aliphatic hydroxyl groups excluding tert-OH is 2. The lowest BCUT2D eigenvalue weighted by Crippen LogP contribution is -2.21. The van der Waals surface area contributed by atoms with Crippen molar-refractivity contribution in [1.29, 1.82) is 5.26 Å². The summed E-state index contributed by atoms with van der Waals surface area (Å²) in [5.41, 5.74) is 0. The molecule has 0 radical (unpaired) electrons. The maximum atomic E-state index is 10.1. The third-order valence-corrected chi connectivity index (χ3v) is 1.26. The van der Waals surface area contributed by atoms with Gasteiger partial charge in [-0.3, -0.25) is 0 Å². The average Bonchev–Trinajstić information content (AvgIpc) is 2.00. The van der Waals surface area contributed by atoms with Crippen molar-refractivity contribution in [3.05, 3.63) is 0 Å². The van der Waals surface area contributed by atoms with Crippen molar-refractivity contribution in [2.45, 2.75) is 0 Å². The Kier molecular flexibility index (Phi) is 4.46. The van der Waals surface area contributed by atoms with Crippen LogP contribution >= 0.6 is 0 Å². The van der Waals surface area contributed by atoms with Gasteiger partial charge in [0.05, 0.1) is 31.1 Å². The van der Waals surface area contributed by atoms with Crippen molar-refractivity contribution in [2.24, 2.45) is 11.8 Å². The molecule has 2 N–H and O–H groups in total. The van der Waals surface area contributed by atoms with Crippen LogP contribution in [-0.2, 0) is 4.79 Å². The van der Waals surface area contributed by atoms with E-state index >= 15 is 0 Å². The quantitative estimate of drug-likeness (QED) is 0.491. The van der Waals surface area contributed by atoms with Gasteiger partial charge < -0.3 is 15.0 Å². The predicted octanol–water partition coefficient (Wildman–Crippen LogP) is -1.07. The summed E-state index contributed by atoms with van der Waals surface area (Å²) in [6.07, 6.45) is 0.476. The van der Waals surface area contributed by atoms with Crippen LogP contribution in [0.4, 0.5) is 0 Å². The Morgan fingerprint density at radius 1 is 1.50 bits per heavy atom. The fraction of sp³-hybridized carbons (Fsp3) is 0.667. The molecule has 0 aliphatic heterocycles. The number of carbonyl (C=O) groups excluding carboxylic acids is 1. The zero-order valence-corrected chi connectivity index (χ0v) is 5.40. The molecule has 0 aromatic heterocycles. The van der Waals surface area contributed by atoms with Gasteiger partial charge in [-0.2, -0.15) is 5.26 Å². The molecule has 0 aliphatic rings. The minimum Gasteiger partial charge on any atom is -0.396 e. The van der Waals surface area contributed by atoms with Gasteiger partial charge in [-0.1, -0.05) is 0 Å². The zero-order valence-electron chi connectivity index (χ0n) is 5.40. The lowest BCUT2D eigenvalue weighted by molar-refractivity contribution is -0.113. The van der Waals surface area contributed by atoms with Crippen molar-refractivity contribution in [3.8, 4) is 6.07 Å². The van der Waals surface area contributed by atoms with Crippen LogP contribution in [0.2, 0.25) is 0 Å². The van der Waals surface area contributed by atoms with Crippen LogP contribution in [0.5, 0.6) is 0 Å². The molecule has 0 fully saturated rings. The molecule has 10 heavy (non-hydrogen) atoms. The van der Waals surface area contributed by atoms with E-state index in [9.17, 15) is 4.79 Å². The summed E-state index contributed by atoms with van der Waals surface area (Å²) in [6.45, 7) is -0.775. The average molecular weight is 143 g/mol. The third kappa shape index (κ3) is 2.13. The van der Waals surface area contributed by atoms with Gasteiger partial charge in [-0.25, -0.2) is 0 Å². The van der Waals surface area contributed by atoms with E-state index in [0.717, 1.165) is 0 Å². The first-order valence-corrected chi connectivity index (χ1v) is 2.86. The van der Waals surface area contributed by atoms with Gasteiger partial charge in [-0.15, -0.1) is 0 Å². The Labute approximate surface area is 58.7 Å². The molecular formula is C6H9NO3. The molecule has 0 aliphatic carbocycles. The first-order valence-electron chi connectivity index (χ1n) is 2.86. The number of hydrogen-bond donors (Lipinski definition) is 2. The second-order valence-electron chi connectivity index (χ2n) is 1.90. The SMILES string of the molecule is N#CC(CO)C(C=O)CO. The van der Waals surface area contributed by atoms with Gasteiger partial charge in [0, 0.05) is 0 Å². The Morgan fingerprint density at radius 2 is 2.10 bits per heavy atom. The Bertz CT molecular complexity index is 140. The van der Waals surface area contributed by atoms with E-state index in [0.29, 0.717) is 6.29 Å². The first kappa shape index (κ1) is 9.08. The Hall–Kier alpha value is -0.920. The summed E-state index contributed by atoms with van der Waals surface area (Å²) in [6, 6.07) is 1.71. The topological polar surface area (TPSA) is 81.3 Å². The normalized spacial score (nSPS) is 15.3. The second kappa shape index (κ2) is 4.91. The third-order valence-electron chi connectivity index (χ3n) is 1.26. The molecule has 0 rings (SSSR count). The lowest BCUT2D eigenvalue weighted by atomic mass is 9.97. The molecule has 0 spiro atoms. The van der Waals surface area contributed by atoms with Gasteiger partial charge in [0.25, 0.3) is 0 Å². The van der Waals surface area contributed by atoms with E-state index in [2.05, 4.69) is 0 Å². The van der Waals surface area contributed by atoms with Gasteiger partial charge >= 0.3 is 0 Å². The maximum absolute atomic E-state index is 10.1. The summed E-state index contributed by atoms with van der Waals surface area (Å²) in [4.78, 5) is 10.1. The minimum absolute atomic E-state index is 0.387. The van der Waals surface area contributed by atoms with Crippen LogP contribution in [0.15, 0.2) is 0 Å². The summed E-state index contributed by atoms with van der Waals surface area (Å²) >= 11 is 0. The smallest absolute Gasteiger partial charge is 0.126 e. The van der Waals surface area contributed by atoms with Crippen LogP contribution in [0, 0.1) is 23.2 Å². The van der Waals surface area contributed by atoms with Gasteiger partial charge in [0.2, 0.25) is 0 Å². The summed E-state index contributed by atoms with van der Waals surface area (Å²) in [5, 5.41) is 25.2. The monoisotopic (exact) mass is 143 g/mol. The number of rotatable bonds is 4. The van der Waals surface area contributed by atoms with E-state index in [4.69, 9.17) is 15.5 Å². The van der Waals surface area contributed by atoms with Gasteiger partial charge in [0.15, 0.2) is 0 Å². The van der Waals surface area contributed by atoms with E-state index in [1.165, 1.54) is 0 Å². The highest BCUT2D eigenvalue weighted by Crippen LogP contribution is 2.05. The summed E-state index contributed by atoms with van der Waals surface area (Å²) < 4.78 is 0. The predicted molar refractivity (Wildman–Crippen MR) is 32.8 cm³/mol. The highest BCUT2D eigenvalue weighted by Gasteiger charge is 2.18. The van der Waals surface area contributed by atoms with Crippen LogP contribution in [0.3, 0.4) is 0 Å². The van der Waals surface area contributed by atoms with Gasteiger partial charge in [-0.05, 0) is 0 Å². The molecule has 0 aromatic carbocycles. The molecule has 0 heterocycles. The van der Waals surface area contributed by atoms with Crippen molar-refractivity contribution in [3.63, 3.8) is 0 Å². The molecule has 56 valence electrons. The fourth-order valence-electron chi connectivity index (χ4n) is 0.537. The zero-order chi connectivity index (χ0) is 7.98. The molecule has 0 saturated carbocycles. The molecule has 2 atom stereocenters. The Morgan fingerprint density at radius 3 is 2.20 bits per heavy atom. The van der Waals surface area contributed by atoms with E-state index in [1.807, 2.05) is 0 Å². The maximum Gasteiger partial charge on any atom is 0.126 e. The molecule has 4 heteroatoms. The van der Waals surface area contributed by atoms with Crippen molar-refractivity contribution >= 4 is 6.29 Å². The van der Waals surface area contributed by atoms with E-state index < -0.39 is 11.8 Å². The minimum atomic E-state index is -0.775. The number of nitrogens with zero attached hydrogens (tertiary/aromatic N) is 1. The fourth-order valence-corrected chi connectivity index (χ4v) is 0.537. The second-order valence-corrected chi connectivity index (χ2v) is 1.90. The van der Waals surface area contributed by atoms with Crippen molar-refractivity contribution < 1.29 is 15.0 Å². The highest BCUT2D eigenvalue weighted by atomic mass is 16.3. The molecular weight excluding hydrogens is 134 g/mol. The molecule has 0 bridgehead atoms. The number of carbonyl (C=O) groups is 1. The molecule has 2 unspecified atom stereocenters. The highest BCUT2D eigenvalue weighted by molar-refractivity contribution is 5.54. The van der Waals surface area contributed by atoms with Crippen LogP contribution in [0.1, 0.15) is 0 Å². The largest absolute Gasteiger partial charge is 0.396 e. The van der Waals surface area contributed by atoms with Gasteiger partial charge in [0.1, 0.15) is 6.29 Å². The number of aliphatic hydroxyl groups is 2. The first-order chi connectivity index (χ1) is 4.79. The number of hydrogen-bond acceptors (Lipinski definition) is 4. The number of aldehydes is 1. The van der Waals surface area contributed by atoms with Crippen LogP contribution in [0.25, 0.3) is 0 Å². The standard InChI is InChI=1S/C6H9NO3/c7-1-5(2-8)6(3-9)4-10/h3,5-6,8,10H,2,4H2. The Balaban J connectivity index is 3.98. The number of nitriles is 1.